The van der Waals surface area contributed by atoms with Gasteiger partial charge in [-0.2, -0.15) is 0 Å². The number of anilines is 3. The first kappa shape index (κ1) is 21.4. The number of benzene rings is 1. The Kier molecular flexibility index (Phi) is 6.89. The zero-order valence-electron chi connectivity index (χ0n) is 17.2. The van der Waals surface area contributed by atoms with Gasteiger partial charge < -0.3 is 21.4 Å². The first-order valence-electron chi connectivity index (χ1n) is 9.54. The lowest BCUT2D eigenvalue weighted by Gasteiger charge is -2.12. The lowest BCUT2D eigenvalue weighted by Crippen LogP contribution is -2.28. The summed E-state index contributed by atoms with van der Waals surface area (Å²) in [5, 5.41) is 18.8. The lowest BCUT2D eigenvalue weighted by molar-refractivity contribution is 0.0963. The van der Waals surface area contributed by atoms with Crippen LogP contribution in [0.3, 0.4) is 0 Å². The SMILES string of the molecule is CNC(=O)c1ccc(CNC(=O)Nc2cc(C=N)c(Nc3ccnc(C)c3)cn2)cc1. The molecule has 158 valence electrons. The average Bonchev–Trinajstić information content (AvgIpc) is 2.78. The Labute approximate surface area is 179 Å². The normalized spacial score (nSPS) is 10.1. The molecule has 0 saturated carbocycles. The second-order valence-corrected chi connectivity index (χ2v) is 6.70. The molecule has 0 aliphatic rings. The molecule has 2 heterocycles. The van der Waals surface area contributed by atoms with E-state index in [4.69, 9.17) is 5.41 Å². The summed E-state index contributed by atoms with van der Waals surface area (Å²) in [6.07, 6.45) is 4.44. The molecule has 0 bridgehead atoms. The molecule has 0 radical (unpaired) electrons. The molecule has 9 heteroatoms. The molecule has 9 nitrogen and oxygen atoms in total. The molecule has 0 atom stereocenters. The third-order valence-electron chi connectivity index (χ3n) is 4.40. The van der Waals surface area contributed by atoms with Crippen LogP contribution in [0.2, 0.25) is 0 Å². The molecule has 0 saturated heterocycles. The molecule has 31 heavy (non-hydrogen) atoms. The Balaban J connectivity index is 1.59. The quantitative estimate of drug-likeness (QED) is 0.377. The van der Waals surface area contributed by atoms with Crippen molar-refractivity contribution in [2.75, 3.05) is 17.7 Å². The van der Waals surface area contributed by atoms with Gasteiger partial charge in [0.1, 0.15) is 5.82 Å². The Morgan fingerprint density at radius 1 is 1.10 bits per heavy atom. The highest BCUT2D eigenvalue weighted by molar-refractivity contribution is 5.94. The van der Waals surface area contributed by atoms with Gasteiger partial charge in [0.2, 0.25) is 0 Å². The fraction of sp³-hybridized carbons (Fsp3) is 0.136. The van der Waals surface area contributed by atoms with Crippen LogP contribution >= 0.6 is 0 Å². The number of nitrogens with zero attached hydrogens (tertiary/aromatic N) is 2. The van der Waals surface area contributed by atoms with E-state index in [0.717, 1.165) is 16.9 Å². The van der Waals surface area contributed by atoms with E-state index < -0.39 is 6.03 Å². The van der Waals surface area contributed by atoms with Crippen LogP contribution in [0.1, 0.15) is 27.2 Å². The van der Waals surface area contributed by atoms with Crippen molar-refractivity contribution in [3.8, 4) is 0 Å². The summed E-state index contributed by atoms with van der Waals surface area (Å²) < 4.78 is 0. The molecule has 0 spiro atoms. The molecule has 3 amide bonds. The summed E-state index contributed by atoms with van der Waals surface area (Å²) in [4.78, 5) is 32.2. The van der Waals surface area contributed by atoms with Crippen LogP contribution < -0.4 is 21.3 Å². The molecular formula is C22H23N7O2. The molecular weight excluding hydrogens is 394 g/mol. The number of amides is 3. The van der Waals surface area contributed by atoms with E-state index in [1.165, 1.54) is 6.21 Å². The van der Waals surface area contributed by atoms with Gasteiger partial charge in [-0.05, 0) is 42.8 Å². The van der Waals surface area contributed by atoms with Crippen molar-refractivity contribution in [3.05, 3.63) is 77.2 Å². The maximum atomic E-state index is 12.2. The van der Waals surface area contributed by atoms with E-state index in [0.29, 0.717) is 22.6 Å². The smallest absolute Gasteiger partial charge is 0.320 e. The minimum absolute atomic E-state index is 0.165. The number of rotatable bonds is 7. The van der Waals surface area contributed by atoms with Crippen LogP contribution in [-0.4, -0.2) is 35.2 Å². The highest BCUT2D eigenvalue weighted by atomic mass is 16.2. The maximum Gasteiger partial charge on any atom is 0.320 e. The topological polar surface area (TPSA) is 132 Å². The summed E-state index contributed by atoms with van der Waals surface area (Å²) in [5.41, 5.74) is 4.32. The van der Waals surface area contributed by atoms with Crippen molar-refractivity contribution in [2.24, 2.45) is 0 Å². The van der Waals surface area contributed by atoms with Crippen LogP contribution in [0.4, 0.5) is 22.0 Å². The molecule has 0 unspecified atom stereocenters. The van der Waals surface area contributed by atoms with Gasteiger partial charge in [-0.25, -0.2) is 9.78 Å². The predicted molar refractivity (Wildman–Crippen MR) is 120 cm³/mol. The van der Waals surface area contributed by atoms with Crippen LogP contribution in [-0.2, 0) is 6.54 Å². The number of carbonyl (C=O) groups excluding carboxylic acids is 2. The van der Waals surface area contributed by atoms with E-state index in [1.807, 2.05) is 19.1 Å². The number of hydrogen-bond acceptors (Lipinski definition) is 6. The number of nitrogens with one attached hydrogen (secondary N) is 5. The van der Waals surface area contributed by atoms with Gasteiger partial charge in [0.15, 0.2) is 0 Å². The zero-order valence-corrected chi connectivity index (χ0v) is 17.2. The van der Waals surface area contributed by atoms with Crippen LogP contribution in [0.5, 0.6) is 0 Å². The van der Waals surface area contributed by atoms with Crippen molar-refractivity contribution < 1.29 is 9.59 Å². The first-order valence-corrected chi connectivity index (χ1v) is 9.54. The zero-order chi connectivity index (χ0) is 22.2. The van der Waals surface area contributed by atoms with E-state index in [2.05, 4.69) is 31.2 Å². The Morgan fingerprint density at radius 2 is 1.87 bits per heavy atom. The summed E-state index contributed by atoms with van der Waals surface area (Å²) in [5.74, 6) is 0.157. The number of hydrogen-bond donors (Lipinski definition) is 5. The summed E-state index contributed by atoms with van der Waals surface area (Å²) in [6.45, 7) is 2.18. The minimum Gasteiger partial charge on any atom is -0.355 e. The third-order valence-corrected chi connectivity index (χ3v) is 4.40. The monoisotopic (exact) mass is 417 g/mol. The lowest BCUT2D eigenvalue weighted by atomic mass is 10.1. The number of carbonyl (C=O) groups is 2. The van der Waals surface area contributed by atoms with E-state index in [9.17, 15) is 9.59 Å². The molecule has 3 aromatic rings. The Morgan fingerprint density at radius 3 is 2.55 bits per heavy atom. The van der Waals surface area contributed by atoms with E-state index in [1.54, 1.807) is 49.8 Å². The molecule has 0 aliphatic carbocycles. The fourth-order valence-corrected chi connectivity index (χ4v) is 2.80. The molecule has 2 aromatic heterocycles. The molecule has 5 N–H and O–H groups in total. The second kappa shape index (κ2) is 9.97. The van der Waals surface area contributed by atoms with E-state index in [-0.39, 0.29) is 12.5 Å². The number of aromatic nitrogens is 2. The van der Waals surface area contributed by atoms with Gasteiger partial charge >= 0.3 is 6.03 Å². The van der Waals surface area contributed by atoms with Crippen molar-refractivity contribution in [1.82, 2.24) is 20.6 Å². The Bertz CT molecular complexity index is 1100. The fourth-order valence-electron chi connectivity index (χ4n) is 2.80. The van der Waals surface area contributed by atoms with Gasteiger partial charge in [-0.15, -0.1) is 0 Å². The van der Waals surface area contributed by atoms with Crippen molar-refractivity contribution in [3.63, 3.8) is 0 Å². The van der Waals surface area contributed by atoms with Crippen LogP contribution in [0.15, 0.2) is 54.9 Å². The minimum atomic E-state index is -0.427. The van der Waals surface area contributed by atoms with Gasteiger partial charge in [0, 0.05) is 48.5 Å². The highest BCUT2D eigenvalue weighted by Crippen LogP contribution is 2.21. The highest BCUT2D eigenvalue weighted by Gasteiger charge is 2.08. The largest absolute Gasteiger partial charge is 0.355 e. The maximum absolute atomic E-state index is 12.2. The van der Waals surface area contributed by atoms with Gasteiger partial charge in [-0.1, -0.05) is 12.1 Å². The number of urea groups is 1. The molecule has 3 rings (SSSR count). The summed E-state index contributed by atoms with van der Waals surface area (Å²) in [6, 6.07) is 11.8. The van der Waals surface area contributed by atoms with Crippen molar-refractivity contribution in [2.45, 2.75) is 13.5 Å². The molecule has 1 aromatic carbocycles. The van der Waals surface area contributed by atoms with E-state index >= 15 is 0 Å². The molecule has 0 fully saturated rings. The third kappa shape index (κ3) is 5.86. The van der Waals surface area contributed by atoms with Crippen LogP contribution in [0.25, 0.3) is 0 Å². The van der Waals surface area contributed by atoms with Crippen molar-refractivity contribution in [1.29, 1.82) is 5.41 Å². The number of pyridine rings is 2. The standard InChI is InChI=1S/C22H23N7O2/c1-14-9-18(7-8-25-14)28-19-13-26-20(10-17(19)11-23)29-22(31)27-12-15-3-5-16(6-4-15)21(30)24-2/h3-11,13,23H,12H2,1-2H3,(H,24,30)(H,25,28)(H2,26,27,29,31). The second-order valence-electron chi connectivity index (χ2n) is 6.70. The Hall–Kier alpha value is -4.27. The number of aryl methyl sites for hydroxylation is 1. The first-order chi connectivity index (χ1) is 15.0. The van der Waals surface area contributed by atoms with Crippen LogP contribution in [0, 0.1) is 12.3 Å². The van der Waals surface area contributed by atoms with Gasteiger partial charge in [0.05, 0.1) is 11.9 Å². The average molecular weight is 417 g/mol. The molecule has 0 aliphatic heterocycles. The predicted octanol–water partition coefficient (Wildman–Crippen LogP) is 3.21. The van der Waals surface area contributed by atoms with Gasteiger partial charge in [0.25, 0.3) is 5.91 Å². The summed E-state index contributed by atoms with van der Waals surface area (Å²) in [7, 11) is 1.57. The van der Waals surface area contributed by atoms with Gasteiger partial charge in [-0.3, -0.25) is 15.1 Å². The summed E-state index contributed by atoms with van der Waals surface area (Å²) >= 11 is 0. The van der Waals surface area contributed by atoms with Crippen molar-refractivity contribution >= 4 is 35.3 Å².